The number of aromatic nitrogens is 5. The van der Waals surface area contributed by atoms with E-state index in [1.807, 2.05) is 50.2 Å². The first-order valence-corrected chi connectivity index (χ1v) is 10.3. The minimum absolute atomic E-state index is 0.147. The molecule has 8 nitrogen and oxygen atoms in total. The van der Waals surface area contributed by atoms with Crippen molar-refractivity contribution in [1.29, 1.82) is 0 Å². The fourth-order valence-corrected chi connectivity index (χ4v) is 4.22. The Labute approximate surface area is 176 Å². The SMILES string of the molecule is CC(C)(C(=O)Nc1nncs1)[C@H]1c2ccccc2Oc2nc(-c3cn[nH]c3)ccc21. The van der Waals surface area contributed by atoms with Gasteiger partial charge in [-0.3, -0.25) is 9.89 Å². The monoisotopic (exact) mass is 418 g/mol. The average Bonchev–Trinajstić information content (AvgIpc) is 3.45. The number of benzene rings is 1. The standard InChI is InChI=1S/C21H18N6O2S/c1-21(2,19(28)26-20-27-24-11-30-20)17-13-5-3-4-6-16(13)29-18-14(17)7-8-15(25-18)12-9-22-23-10-12/h3-11,17H,1-2H3,(H,22,23)(H,26,27,28)/t17-/m0/s1. The van der Waals surface area contributed by atoms with Gasteiger partial charge < -0.3 is 10.1 Å². The maximum atomic E-state index is 13.3. The molecule has 0 saturated heterocycles. The summed E-state index contributed by atoms with van der Waals surface area (Å²) in [6, 6.07) is 11.7. The highest BCUT2D eigenvalue weighted by atomic mass is 32.1. The van der Waals surface area contributed by atoms with Gasteiger partial charge in [-0.1, -0.05) is 49.4 Å². The van der Waals surface area contributed by atoms with E-state index in [4.69, 9.17) is 9.72 Å². The predicted molar refractivity (Wildman–Crippen MR) is 112 cm³/mol. The van der Waals surface area contributed by atoms with Crippen LogP contribution >= 0.6 is 11.3 Å². The largest absolute Gasteiger partial charge is 0.438 e. The zero-order valence-electron chi connectivity index (χ0n) is 16.3. The molecular weight excluding hydrogens is 400 g/mol. The minimum atomic E-state index is -0.806. The van der Waals surface area contributed by atoms with Gasteiger partial charge in [0.15, 0.2) is 0 Å². The van der Waals surface area contributed by atoms with Crippen molar-refractivity contribution in [2.24, 2.45) is 5.41 Å². The summed E-state index contributed by atoms with van der Waals surface area (Å²) in [5.41, 5.74) is 4.20. The second-order valence-corrected chi connectivity index (χ2v) is 8.40. The van der Waals surface area contributed by atoms with Gasteiger partial charge >= 0.3 is 0 Å². The molecule has 1 amide bonds. The number of fused-ring (bicyclic) bond motifs is 2. The van der Waals surface area contributed by atoms with Gasteiger partial charge in [0.05, 0.1) is 17.3 Å². The van der Waals surface area contributed by atoms with Gasteiger partial charge in [-0.2, -0.15) is 5.10 Å². The van der Waals surface area contributed by atoms with E-state index >= 15 is 0 Å². The van der Waals surface area contributed by atoms with Crippen LogP contribution in [0.25, 0.3) is 11.3 Å². The Balaban J connectivity index is 1.60. The molecule has 1 aromatic carbocycles. The number of nitrogens with zero attached hydrogens (tertiary/aromatic N) is 4. The van der Waals surface area contributed by atoms with E-state index in [1.54, 1.807) is 17.9 Å². The van der Waals surface area contributed by atoms with E-state index < -0.39 is 5.41 Å². The van der Waals surface area contributed by atoms with Crippen LogP contribution in [-0.2, 0) is 4.79 Å². The van der Waals surface area contributed by atoms with E-state index in [0.29, 0.717) is 16.8 Å². The summed E-state index contributed by atoms with van der Waals surface area (Å²) < 4.78 is 6.13. The molecule has 2 N–H and O–H groups in total. The van der Waals surface area contributed by atoms with Crippen molar-refractivity contribution in [1.82, 2.24) is 25.4 Å². The summed E-state index contributed by atoms with van der Waals surface area (Å²) >= 11 is 1.29. The molecule has 0 spiro atoms. The minimum Gasteiger partial charge on any atom is -0.438 e. The molecule has 9 heteroatoms. The first kappa shape index (κ1) is 18.4. The molecule has 0 bridgehead atoms. The van der Waals surface area contributed by atoms with Crippen molar-refractivity contribution in [2.75, 3.05) is 5.32 Å². The quantitative estimate of drug-likeness (QED) is 0.514. The lowest BCUT2D eigenvalue weighted by Crippen LogP contribution is -2.38. The molecule has 30 heavy (non-hydrogen) atoms. The van der Waals surface area contributed by atoms with Crippen molar-refractivity contribution in [3.05, 3.63) is 65.4 Å². The van der Waals surface area contributed by atoms with E-state index in [2.05, 4.69) is 25.7 Å². The van der Waals surface area contributed by atoms with E-state index in [-0.39, 0.29) is 11.8 Å². The summed E-state index contributed by atoms with van der Waals surface area (Å²) in [5, 5.41) is 17.9. The number of para-hydroxylation sites is 1. The zero-order valence-corrected chi connectivity index (χ0v) is 17.1. The van der Waals surface area contributed by atoms with Crippen molar-refractivity contribution < 1.29 is 9.53 Å². The van der Waals surface area contributed by atoms with Gasteiger partial charge in [-0.15, -0.1) is 10.2 Å². The molecule has 1 aliphatic heterocycles. The van der Waals surface area contributed by atoms with Crippen LogP contribution in [0.1, 0.15) is 30.9 Å². The number of H-pyrrole nitrogens is 1. The number of hydrogen-bond acceptors (Lipinski definition) is 7. The lowest BCUT2D eigenvalue weighted by Gasteiger charge is -2.37. The molecule has 1 atom stereocenters. The van der Waals surface area contributed by atoms with Crippen LogP contribution in [0.3, 0.4) is 0 Å². The third kappa shape index (κ3) is 3.03. The van der Waals surface area contributed by atoms with Crippen molar-refractivity contribution >= 4 is 22.4 Å². The number of rotatable bonds is 4. The number of anilines is 1. The van der Waals surface area contributed by atoms with Gasteiger partial charge in [-0.05, 0) is 12.1 Å². The average molecular weight is 418 g/mol. The lowest BCUT2D eigenvalue weighted by molar-refractivity contribution is -0.124. The summed E-state index contributed by atoms with van der Waals surface area (Å²) in [5.74, 6) is 0.792. The second-order valence-electron chi connectivity index (χ2n) is 7.57. The van der Waals surface area contributed by atoms with Crippen LogP contribution in [0.2, 0.25) is 0 Å². The normalized spacial score (nSPS) is 15.1. The van der Waals surface area contributed by atoms with Crippen LogP contribution in [0.15, 0.2) is 54.3 Å². The van der Waals surface area contributed by atoms with E-state index in [0.717, 1.165) is 22.4 Å². The van der Waals surface area contributed by atoms with Gasteiger partial charge in [0, 0.05) is 28.8 Å². The Morgan fingerprint density at radius 2 is 2.07 bits per heavy atom. The molecule has 0 unspecified atom stereocenters. The molecule has 0 radical (unpaired) electrons. The van der Waals surface area contributed by atoms with Gasteiger partial charge in [0.25, 0.3) is 0 Å². The molecule has 0 saturated carbocycles. The molecule has 4 heterocycles. The molecule has 3 aromatic heterocycles. The number of nitrogens with one attached hydrogen (secondary N) is 2. The van der Waals surface area contributed by atoms with Crippen molar-refractivity contribution in [3.8, 4) is 22.9 Å². The number of pyridine rings is 1. The molecule has 0 aliphatic carbocycles. The van der Waals surface area contributed by atoms with Crippen LogP contribution in [0, 0.1) is 5.41 Å². The van der Waals surface area contributed by atoms with E-state index in [1.165, 1.54) is 11.3 Å². The van der Waals surface area contributed by atoms with Crippen LogP contribution in [0.4, 0.5) is 5.13 Å². The van der Waals surface area contributed by atoms with E-state index in [9.17, 15) is 4.79 Å². The maximum Gasteiger partial charge on any atom is 0.232 e. The molecule has 4 aromatic rings. The maximum absolute atomic E-state index is 13.3. The number of aromatic amines is 1. The van der Waals surface area contributed by atoms with Gasteiger partial charge in [-0.25, -0.2) is 4.98 Å². The Kier molecular flexibility index (Phi) is 4.32. The summed E-state index contributed by atoms with van der Waals surface area (Å²) in [6.45, 7) is 3.84. The smallest absolute Gasteiger partial charge is 0.232 e. The third-order valence-electron chi connectivity index (χ3n) is 5.32. The Hall–Kier alpha value is -3.59. The highest BCUT2D eigenvalue weighted by Crippen LogP contribution is 2.51. The summed E-state index contributed by atoms with van der Waals surface area (Å²) in [7, 11) is 0. The number of amides is 1. The number of hydrogen-bond donors (Lipinski definition) is 2. The van der Waals surface area contributed by atoms with Crippen LogP contribution in [-0.4, -0.2) is 31.3 Å². The first-order valence-electron chi connectivity index (χ1n) is 9.38. The molecule has 1 aliphatic rings. The van der Waals surface area contributed by atoms with Gasteiger partial charge in [0.1, 0.15) is 11.3 Å². The van der Waals surface area contributed by atoms with Crippen LogP contribution in [0.5, 0.6) is 11.6 Å². The summed E-state index contributed by atoms with van der Waals surface area (Å²) in [6.07, 6.45) is 3.49. The Bertz CT molecular complexity index is 1200. The highest BCUT2D eigenvalue weighted by Gasteiger charge is 2.44. The van der Waals surface area contributed by atoms with Gasteiger partial charge in [0.2, 0.25) is 16.9 Å². The predicted octanol–water partition coefficient (Wildman–Crippen LogP) is 4.23. The number of ether oxygens (including phenoxy) is 1. The molecule has 5 rings (SSSR count). The molecule has 0 fully saturated rings. The number of carbonyl (C=O) groups excluding carboxylic acids is 1. The first-order chi connectivity index (χ1) is 14.5. The lowest BCUT2D eigenvalue weighted by atomic mass is 9.69. The van der Waals surface area contributed by atoms with Crippen molar-refractivity contribution in [3.63, 3.8) is 0 Å². The number of carbonyl (C=O) groups is 1. The Morgan fingerprint density at radius 1 is 1.20 bits per heavy atom. The summed E-state index contributed by atoms with van der Waals surface area (Å²) in [4.78, 5) is 18.0. The fraction of sp³-hybridized carbons (Fsp3) is 0.190. The van der Waals surface area contributed by atoms with Crippen molar-refractivity contribution in [2.45, 2.75) is 19.8 Å². The fourth-order valence-electron chi connectivity index (χ4n) is 3.78. The van der Waals surface area contributed by atoms with Crippen LogP contribution < -0.4 is 10.1 Å². The zero-order chi connectivity index (χ0) is 20.7. The molecular formula is C21H18N6O2S. The topological polar surface area (TPSA) is 106 Å². The highest BCUT2D eigenvalue weighted by molar-refractivity contribution is 7.13. The second kappa shape index (κ2) is 7.03. The molecule has 150 valence electrons. The third-order valence-corrected chi connectivity index (χ3v) is 5.93. The Morgan fingerprint density at radius 3 is 2.83 bits per heavy atom.